The molecule has 1 fully saturated rings. The summed E-state index contributed by atoms with van der Waals surface area (Å²) >= 11 is 5.81. The van der Waals surface area contributed by atoms with Crippen molar-refractivity contribution in [3.8, 4) is 0 Å². The van der Waals surface area contributed by atoms with Crippen molar-refractivity contribution in [2.24, 2.45) is 0 Å². The SMILES string of the molecule is O=C(NC1CCCCC1)c1ccc(Cn2cc(Cl)cn2)o1. The smallest absolute Gasteiger partial charge is 0.287 e. The third-order valence-corrected chi connectivity index (χ3v) is 3.94. The van der Waals surface area contributed by atoms with Gasteiger partial charge in [0.15, 0.2) is 5.76 Å². The van der Waals surface area contributed by atoms with Crippen LogP contribution in [0.5, 0.6) is 0 Å². The minimum atomic E-state index is -0.133. The van der Waals surface area contributed by atoms with Crippen LogP contribution in [0.4, 0.5) is 0 Å². The standard InChI is InChI=1S/C15H18ClN3O2/c16-11-8-17-19(9-11)10-13-6-7-14(21-13)15(20)18-12-4-2-1-3-5-12/h6-9,12H,1-5,10H2,(H,18,20). The van der Waals surface area contributed by atoms with E-state index in [9.17, 15) is 4.79 Å². The van der Waals surface area contributed by atoms with Gasteiger partial charge >= 0.3 is 0 Å². The number of nitrogens with zero attached hydrogens (tertiary/aromatic N) is 2. The second-order valence-electron chi connectivity index (χ2n) is 5.43. The molecule has 1 amide bonds. The largest absolute Gasteiger partial charge is 0.454 e. The Kier molecular flexibility index (Phi) is 4.29. The number of aromatic nitrogens is 2. The van der Waals surface area contributed by atoms with E-state index in [1.807, 2.05) is 0 Å². The lowest BCUT2D eigenvalue weighted by Crippen LogP contribution is -2.35. The molecule has 3 rings (SSSR count). The van der Waals surface area contributed by atoms with Gasteiger partial charge in [0.05, 0.1) is 17.8 Å². The van der Waals surface area contributed by atoms with E-state index in [-0.39, 0.29) is 11.9 Å². The van der Waals surface area contributed by atoms with E-state index in [4.69, 9.17) is 16.0 Å². The van der Waals surface area contributed by atoms with Crippen molar-refractivity contribution in [3.63, 3.8) is 0 Å². The molecule has 1 N–H and O–H groups in total. The first-order chi connectivity index (χ1) is 10.2. The lowest BCUT2D eigenvalue weighted by atomic mass is 9.95. The van der Waals surface area contributed by atoms with Crippen LogP contribution in [0.15, 0.2) is 28.9 Å². The summed E-state index contributed by atoms with van der Waals surface area (Å²) in [7, 11) is 0. The molecule has 6 heteroatoms. The highest BCUT2D eigenvalue weighted by Crippen LogP contribution is 2.18. The number of halogens is 1. The molecule has 0 unspecified atom stereocenters. The summed E-state index contributed by atoms with van der Waals surface area (Å²) in [4.78, 5) is 12.1. The molecule has 5 nitrogen and oxygen atoms in total. The van der Waals surface area contributed by atoms with Crippen molar-refractivity contribution >= 4 is 17.5 Å². The highest BCUT2D eigenvalue weighted by Gasteiger charge is 2.18. The summed E-state index contributed by atoms with van der Waals surface area (Å²) < 4.78 is 7.25. The number of carbonyl (C=O) groups excluding carboxylic acids is 1. The molecule has 2 aromatic heterocycles. The molecule has 2 heterocycles. The molecular weight excluding hydrogens is 290 g/mol. The van der Waals surface area contributed by atoms with Crippen molar-refractivity contribution in [1.29, 1.82) is 0 Å². The normalized spacial score (nSPS) is 16.0. The van der Waals surface area contributed by atoms with Gasteiger partial charge in [-0.25, -0.2) is 0 Å². The molecule has 1 aliphatic carbocycles. The van der Waals surface area contributed by atoms with Crippen LogP contribution in [0.1, 0.15) is 48.4 Å². The summed E-state index contributed by atoms with van der Waals surface area (Å²) in [6.07, 6.45) is 9.05. The van der Waals surface area contributed by atoms with Crippen molar-refractivity contribution in [3.05, 3.63) is 41.1 Å². The topological polar surface area (TPSA) is 60.1 Å². The second kappa shape index (κ2) is 6.35. The Hall–Kier alpha value is -1.75. The van der Waals surface area contributed by atoms with Crippen LogP contribution >= 0.6 is 11.6 Å². The molecule has 0 aliphatic heterocycles. The molecule has 1 aliphatic rings. The number of furan rings is 1. The Bertz CT molecular complexity index is 614. The Morgan fingerprint density at radius 1 is 1.38 bits per heavy atom. The minimum Gasteiger partial charge on any atom is -0.454 e. The zero-order chi connectivity index (χ0) is 14.7. The average molecular weight is 308 g/mol. The molecular formula is C15H18ClN3O2. The first-order valence-corrected chi connectivity index (χ1v) is 7.66. The average Bonchev–Trinajstić information content (AvgIpc) is 3.10. The minimum absolute atomic E-state index is 0.133. The van der Waals surface area contributed by atoms with E-state index >= 15 is 0 Å². The predicted molar refractivity (Wildman–Crippen MR) is 79.4 cm³/mol. The van der Waals surface area contributed by atoms with E-state index < -0.39 is 0 Å². The monoisotopic (exact) mass is 307 g/mol. The highest BCUT2D eigenvalue weighted by molar-refractivity contribution is 6.30. The van der Waals surface area contributed by atoms with E-state index in [0.29, 0.717) is 23.1 Å². The van der Waals surface area contributed by atoms with E-state index in [1.165, 1.54) is 19.3 Å². The van der Waals surface area contributed by atoms with Crippen LogP contribution in [-0.4, -0.2) is 21.7 Å². The number of amides is 1. The second-order valence-corrected chi connectivity index (χ2v) is 5.87. The van der Waals surface area contributed by atoms with Gasteiger partial charge in [0.1, 0.15) is 5.76 Å². The van der Waals surface area contributed by atoms with Gasteiger partial charge in [0.25, 0.3) is 5.91 Å². The van der Waals surface area contributed by atoms with Crippen LogP contribution in [0.3, 0.4) is 0 Å². The van der Waals surface area contributed by atoms with E-state index in [1.54, 1.807) is 29.2 Å². The van der Waals surface area contributed by atoms with Crippen molar-refractivity contribution in [1.82, 2.24) is 15.1 Å². The maximum Gasteiger partial charge on any atom is 0.287 e. The van der Waals surface area contributed by atoms with Gasteiger partial charge in [0.2, 0.25) is 0 Å². The molecule has 0 aromatic carbocycles. The summed E-state index contributed by atoms with van der Waals surface area (Å²) in [6.45, 7) is 0.462. The van der Waals surface area contributed by atoms with Crippen LogP contribution in [0.25, 0.3) is 0 Å². The fourth-order valence-electron chi connectivity index (χ4n) is 2.67. The van der Waals surface area contributed by atoms with Crippen LogP contribution in [-0.2, 0) is 6.54 Å². The maximum absolute atomic E-state index is 12.1. The molecule has 112 valence electrons. The number of hydrogen-bond donors (Lipinski definition) is 1. The van der Waals surface area contributed by atoms with Gasteiger partial charge < -0.3 is 9.73 Å². The van der Waals surface area contributed by atoms with Gasteiger partial charge in [-0.15, -0.1) is 0 Å². The summed E-state index contributed by atoms with van der Waals surface area (Å²) in [5, 5.41) is 7.70. The zero-order valence-corrected chi connectivity index (χ0v) is 12.5. The molecule has 0 spiro atoms. The Labute approximate surface area is 128 Å². The molecule has 0 radical (unpaired) electrons. The first-order valence-electron chi connectivity index (χ1n) is 7.28. The Morgan fingerprint density at radius 3 is 2.90 bits per heavy atom. The van der Waals surface area contributed by atoms with Gasteiger partial charge in [-0.05, 0) is 25.0 Å². The predicted octanol–water partition coefficient (Wildman–Crippen LogP) is 3.24. The van der Waals surface area contributed by atoms with Crippen molar-refractivity contribution < 1.29 is 9.21 Å². The number of hydrogen-bond acceptors (Lipinski definition) is 3. The number of rotatable bonds is 4. The first kappa shape index (κ1) is 14.2. The molecule has 0 atom stereocenters. The molecule has 0 bridgehead atoms. The molecule has 2 aromatic rings. The summed E-state index contributed by atoms with van der Waals surface area (Å²) in [5.74, 6) is 0.907. The van der Waals surface area contributed by atoms with Gasteiger partial charge in [-0.1, -0.05) is 30.9 Å². The van der Waals surface area contributed by atoms with Gasteiger partial charge in [-0.3, -0.25) is 9.48 Å². The maximum atomic E-state index is 12.1. The van der Waals surface area contributed by atoms with Crippen LogP contribution in [0, 0.1) is 0 Å². The Balaban J connectivity index is 1.59. The summed E-state index contributed by atoms with van der Waals surface area (Å²) in [6, 6.07) is 3.79. The summed E-state index contributed by atoms with van der Waals surface area (Å²) in [5.41, 5.74) is 0. The third kappa shape index (κ3) is 3.67. The molecule has 21 heavy (non-hydrogen) atoms. The van der Waals surface area contributed by atoms with Crippen molar-refractivity contribution in [2.75, 3.05) is 0 Å². The molecule has 1 saturated carbocycles. The Morgan fingerprint density at radius 2 is 2.19 bits per heavy atom. The fraction of sp³-hybridized carbons (Fsp3) is 0.467. The quantitative estimate of drug-likeness (QED) is 0.943. The fourth-order valence-corrected chi connectivity index (χ4v) is 2.83. The van der Waals surface area contributed by atoms with Crippen LogP contribution < -0.4 is 5.32 Å². The zero-order valence-electron chi connectivity index (χ0n) is 11.7. The number of carbonyl (C=O) groups is 1. The van der Waals surface area contributed by atoms with Crippen LogP contribution in [0.2, 0.25) is 5.02 Å². The lowest BCUT2D eigenvalue weighted by molar-refractivity contribution is 0.0897. The van der Waals surface area contributed by atoms with Gasteiger partial charge in [0, 0.05) is 12.2 Å². The van der Waals surface area contributed by atoms with Crippen molar-refractivity contribution in [2.45, 2.75) is 44.7 Å². The van der Waals surface area contributed by atoms with Gasteiger partial charge in [-0.2, -0.15) is 5.10 Å². The highest BCUT2D eigenvalue weighted by atomic mass is 35.5. The van der Waals surface area contributed by atoms with E-state index in [0.717, 1.165) is 12.8 Å². The van der Waals surface area contributed by atoms with E-state index in [2.05, 4.69) is 10.4 Å². The third-order valence-electron chi connectivity index (χ3n) is 3.75. The lowest BCUT2D eigenvalue weighted by Gasteiger charge is -2.22. The number of nitrogens with one attached hydrogen (secondary N) is 1. The molecule has 0 saturated heterocycles.